The molecule has 3 rings (SSSR count). The standard InChI is InChI=1S/C16H12ClFN2OS/c17-12-4-2-5-13(18)10(12)7-15(21)20-16-11(8-19)9-3-1-6-14(9)22-16/h2,4-5H,1,3,6-7H2,(H,20,21). The molecule has 1 aliphatic carbocycles. The lowest BCUT2D eigenvalue weighted by Gasteiger charge is -2.07. The summed E-state index contributed by atoms with van der Waals surface area (Å²) in [6, 6.07) is 6.48. The van der Waals surface area contributed by atoms with Crippen molar-refractivity contribution < 1.29 is 9.18 Å². The third kappa shape index (κ3) is 2.72. The van der Waals surface area contributed by atoms with Crippen molar-refractivity contribution in [1.29, 1.82) is 5.26 Å². The summed E-state index contributed by atoms with van der Waals surface area (Å²) >= 11 is 7.37. The number of benzene rings is 1. The van der Waals surface area contributed by atoms with Crippen molar-refractivity contribution in [2.45, 2.75) is 25.7 Å². The molecule has 0 unspecified atom stereocenters. The van der Waals surface area contributed by atoms with Gasteiger partial charge in [0, 0.05) is 15.5 Å². The van der Waals surface area contributed by atoms with Gasteiger partial charge < -0.3 is 5.32 Å². The summed E-state index contributed by atoms with van der Waals surface area (Å²) in [5.41, 5.74) is 1.77. The van der Waals surface area contributed by atoms with E-state index in [1.165, 1.54) is 23.5 Å². The van der Waals surface area contributed by atoms with E-state index in [4.69, 9.17) is 11.6 Å². The van der Waals surface area contributed by atoms with Crippen LogP contribution in [-0.2, 0) is 24.1 Å². The zero-order valence-electron chi connectivity index (χ0n) is 11.6. The van der Waals surface area contributed by atoms with Crippen LogP contribution in [0.25, 0.3) is 0 Å². The Morgan fingerprint density at radius 2 is 2.27 bits per heavy atom. The van der Waals surface area contributed by atoms with Gasteiger partial charge in [-0.15, -0.1) is 11.3 Å². The third-order valence-corrected chi connectivity index (χ3v) is 5.25. The topological polar surface area (TPSA) is 52.9 Å². The van der Waals surface area contributed by atoms with Crippen LogP contribution in [0.3, 0.4) is 0 Å². The molecule has 0 spiro atoms. The number of thiophene rings is 1. The summed E-state index contributed by atoms with van der Waals surface area (Å²) in [4.78, 5) is 13.3. The van der Waals surface area contributed by atoms with Crippen LogP contribution in [0.15, 0.2) is 18.2 Å². The van der Waals surface area contributed by atoms with Crippen LogP contribution < -0.4 is 5.32 Å². The van der Waals surface area contributed by atoms with Crippen molar-refractivity contribution in [3.63, 3.8) is 0 Å². The molecule has 1 amide bonds. The first-order valence-electron chi connectivity index (χ1n) is 6.87. The molecule has 22 heavy (non-hydrogen) atoms. The fraction of sp³-hybridized carbons (Fsp3) is 0.250. The molecular weight excluding hydrogens is 323 g/mol. The Hall–Kier alpha value is -1.90. The van der Waals surface area contributed by atoms with Crippen LogP contribution in [0.1, 0.15) is 28.0 Å². The summed E-state index contributed by atoms with van der Waals surface area (Å²) in [6.45, 7) is 0. The van der Waals surface area contributed by atoms with Crippen LogP contribution in [0.2, 0.25) is 5.02 Å². The van der Waals surface area contributed by atoms with E-state index >= 15 is 0 Å². The molecule has 3 nitrogen and oxygen atoms in total. The highest BCUT2D eigenvalue weighted by atomic mass is 35.5. The maximum atomic E-state index is 13.7. The molecule has 0 bridgehead atoms. The van der Waals surface area contributed by atoms with E-state index < -0.39 is 5.82 Å². The van der Waals surface area contributed by atoms with Gasteiger partial charge in [-0.2, -0.15) is 5.26 Å². The molecule has 0 aliphatic heterocycles. The van der Waals surface area contributed by atoms with E-state index in [9.17, 15) is 14.4 Å². The molecule has 1 N–H and O–H groups in total. The second-order valence-electron chi connectivity index (χ2n) is 5.10. The van der Waals surface area contributed by atoms with Gasteiger partial charge in [-0.3, -0.25) is 4.79 Å². The minimum atomic E-state index is -0.503. The number of rotatable bonds is 3. The highest BCUT2D eigenvalue weighted by molar-refractivity contribution is 7.16. The Morgan fingerprint density at radius 3 is 3.00 bits per heavy atom. The van der Waals surface area contributed by atoms with Gasteiger partial charge in [0.1, 0.15) is 16.9 Å². The first-order chi connectivity index (χ1) is 10.6. The summed E-state index contributed by atoms with van der Waals surface area (Å²) in [7, 11) is 0. The first-order valence-corrected chi connectivity index (χ1v) is 8.07. The Labute approximate surface area is 136 Å². The van der Waals surface area contributed by atoms with Gasteiger partial charge in [-0.1, -0.05) is 17.7 Å². The Bertz CT molecular complexity index is 774. The number of hydrogen-bond acceptors (Lipinski definition) is 3. The second kappa shape index (κ2) is 6.07. The molecule has 1 heterocycles. The number of nitrogens with one attached hydrogen (secondary N) is 1. The molecule has 2 aromatic rings. The quantitative estimate of drug-likeness (QED) is 0.919. The molecule has 0 saturated carbocycles. The van der Waals surface area contributed by atoms with Crippen LogP contribution >= 0.6 is 22.9 Å². The van der Waals surface area contributed by atoms with Crippen molar-refractivity contribution in [3.8, 4) is 6.07 Å². The largest absolute Gasteiger partial charge is 0.316 e. The fourth-order valence-electron chi connectivity index (χ4n) is 2.64. The summed E-state index contributed by atoms with van der Waals surface area (Å²) in [6.07, 6.45) is 2.72. The highest BCUT2D eigenvalue weighted by Crippen LogP contribution is 2.38. The van der Waals surface area contributed by atoms with E-state index in [1.54, 1.807) is 6.07 Å². The molecule has 0 saturated heterocycles. The smallest absolute Gasteiger partial charge is 0.229 e. The van der Waals surface area contributed by atoms with Crippen LogP contribution in [-0.4, -0.2) is 5.91 Å². The molecule has 0 atom stereocenters. The molecule has 6 heteroatoms. The van der Waals surface area contributed by atoms with Crippen molar-refractivity contribution in [3.05, 3.63) is 50.6 Å². The van der Waals surface area contributed by atoms with E-state index in [-0.39, 0.29) is 22.9 Å². The minimum absolute atomic E-state index is 0.154. The molecular formula is C16H12ClFN2OS. The van der Waals surface area contributed by atoms with Crippen LogP contribution in [0, 0.1) is 17.1 Å². The SMILES string of the molecule is N#Cc1c(NC(=O)Cc2c(F)cccc2Cl)sc2c1CCC2. The number of anilines is 1. The molecule has 0 fully saturated rings. The van der Waals surface area contributed by atoms with E-state index in [1.807, 2.05) is 0 Å². The summed E-state index contributed by atoms with van der Waals surface area (Å²) < 4.78 is 13.7. The number of nitrogens with zero attached hydrogens (tertiary/aromatic N) is 1. The van der Waals surface area contributed by atoms with E-state index in [0.717, 1.165) is 29.7 Å². The van der Waals surface area contributed by atoms with Crippen molar-refractivity contribution in [1.82, 2.24) is 0 Å². The van der Waals surface area contributed by atoms with E-state index in [0.29, 0.717) is 10.6 Å². The van der Waals surface area contributed by atoms with Gasteiger partial charge in [-0.05, 0) is 37.0 Å². The first kappa shape index (κ1) is 15.0. The predicted octanol–water partition coefficient (Wildman–Crippen LogP) is 4.08. The number of halogens is 2. The number of nitriles is 1. The molecule has 112 valence electrons. The van der Waals surface area contributed by atoms with E-state index in [2.05, 4.69) is 11.4 Å². The Kier molecular flexibility index (Phi) is 4.14. The van der Waals surface area contributed by atoms with Gasteiger partial charge in [0.2, 0.25) is 5.91 Å². The van der Waals surface area contributed by atoms with Crippen molar-refractivity contribution in [2.24, 2.45) is 0 Å². The van der Waals surface area contributed by atoms with Crippen molar-refractivity contribution in [2.75, 3.05) is 5.32 Å². The maximum absolute atomic E-state index is 13.7. The third-order valence-electron chi connectivity index (χ3n) is 3.69. The molecule has 0 radical (unpaired) electrons. The predicted molar refractivity (Wildman–Crippen MR) is 84.8 cm³/mol. The average molecular weight is 335 g/mol. The lowest BCUT2D eigenvalue weighted by Crippen LogP contribution is -2.15. The Morgan fingerprint density at radius 1 is 1.45 bits per heavy atom. The van der Waals surface area contributed by atoms with Gasteiger partial charge in [0.15, 0.2) is 0 Å². The Balaban J connectivity index is 1.80. The molecule has 1 aromatic carbocycles. The zero-order chi connectivity index (χ0) is 15.7. The monoisotopic (exact) mass is 334 g/mol. The minimum Gasteiger partial charge on any atom is -0.316 e. The number of amides is 1. The second-order valence-corrected chi connectivity index (χ2v) is 6.61. The number of hydrogen-bond donors (Lipinski definition) is 1. The normalized spacial score (nSPS) is 12.8. The average Bonchev–Trinajstić information content (AvgIpc) is 3.03. The van der Waals surface area contributed by atoms with Gasteiger partial charge in [0.05, 0.1) is 12.0 Å². The highest BCUT2D eigenvalue weighted by Gasteiger charge is 2.23. The zero-order valence-corrected chi connectivity index (χ0v) is 13.2. The molecule has 1 aromatic heterocycles. The number of carbonyl (C=O) groups excluding carboxylic acids is 1. The van der Waals surface area contributed by atoms with Crippen molar-refractivity contribution >= 4 is 33.8 Å². The lowest BCUT2D eigenvalue weighted by molar-refractivity contribution is -0.115. The fourth-order valence-corrected chi connectivity index (χ4v) is 4.13. The summed E-state index contributed by atoms with van der Waals surface area (Å²) in [5, 5.41) is 12.8. The van der Waals surface area contributed by atoms with Crippen LogP contribution in [0.5, 0.6) is 0 Å². The number of carbonyl (C=O) groups is 1. The molecule has 1 aliphatic rings. The number of fused-ring (bicyclic) bond motifs is 1. The maximum Gasteiger partial charge on any atom is 0.229 e. The summed E-state index contributed by atoms with van der Waals surface area (Å²) in [5.74, 6) is -0.875. The van der Waals surface area contributed by atoms with Crippen LogP contribution in [0.4, 0.5) is 9.39 Å². The van der Waals surface area contributed by atoms with Gasteiger partial charge >= 0.3 is 0 Å². The van der Waals surface area contributed by atoms with Gasteiger partial charge in [-0.25, -0.2) is 4.39 Å². The number of aryl methyl sites for hydroxylation is 1. The lowest BCUT2D eigenvalue weighted by atomic mass is 10.1. The van der Waals surface area contributed by atoms with Gasteiger partial charge in [0.25, 0.3) is 0 Å².